The van der Waals surface area contributed by atoms with Crippen LogP contribution in [0.3, 0.4) is 0 Å². The summed E-state index contributed by atoms with van der Waals surface area (Å²) < 4.78 is 49.1. The number of carbonyl (C=O) groups is 6. The van der Waals surface area contributed by atoms with Crippen molar-refractivity contribution in [1.82, 2.24) is 0 Å². The van der Waals surface area contributed by atoms with E-state index in [0.717, 1.165) is 5.56 Å². The highest BCUT2D eigenvalue weighted by Crippen LogP contribution is 2.49. The van der Waals surface area contributed by atoms with Gasteiger partial charge in [-0.25, -0.2) is 14.4 Å². The molecule has 0 aliphatic carbocycles. The van der Waals surface area contributed by atoms with Crippen molar-refractivity contribution in [3.63, 3.8) is 0 Å². The first-order chi connectivity index (χ1) is 28.8. The zero-order valence-electron chi connectivity index (χ0n) is 35.2. The van der Waals surface area contributed by atoms with Gasteiger partial charge in [0.1, 0.15) is 34.5 Å². The Morgan fingerprint density at radius 2 is 0.833 bits per heavy atom. The van der Waals surface area contributed by atoms with Crippen molar-refractivity contribution in [2.24, 2.45) is 0 Å². The molecule has 0 aromatic heterocycles. The average Bonchev–Trinajstić information content (AvgIpc) is 3.26. The molecule has 318 valence electrons. The van der Waals surface area contributed by atoms with Gasteiger partial charge in [0.15, 0.2) is 38.7 Å². The second-order valence-corrected chi connectivity index (χ2v) is 13.4. The standard InChI is InChI=1S/C45H48O15/c1-24-14-30(43(55-8)33(18-46)40(24)58-21-36(49)52-5)27(4)28-12-11-13-29(17-28)39(31-15-25(2)41(59-22-37(50)53-6)34(19-47)44(31)56-9)32-16-26(3)42(60-23-38(51)54-7)35(20-48)45(32)57-10/h11-20,27,39H,21-23H2,1-10H3. The van der Waals surface area contributed by atoms with Crippen LogP contribution in [0, 0.1) is 20.8 Å². The highest BCUT2D eigenvalue weighted by Gasteiger charge is 2.32. The van der Waals surface area contributed by atoms with Crippen LogP contribution in [0.5, 0.6) is 34.5 Å². The first kappa shape index (κ1) is 45.8. The molecule has 15 nitrogen and oxygen atoms in total. The third kappa shape index (κ3) is 9.52. The lowest BCUT2D eigenvalue weighted by Crippen LogP contribution is -2.17. The van der Waals surface area contributed by atoms with Crippen LogP contribution in [0.2, 0.25) is 0 Å². The van der Waals surface area contributed by atoms with Gasteiger partial charge in [0.05, 0.1) is 59.3 Å². The molecule has 0 heterocycles. The third-order valence-corrected chi connectivity index (χ3v) is 9.93. The summed E-state index contributed by atoms with van der Waals surface area (Å²) in [6.45, 7) is 5.73. The molecule has 0 aliphatic heterocycles. The monoisotopic (exact) mass is 828 g/mol. The molecule has 0 aliphatic rings. The van der Waals surface area contributed by atoms with Crippen molar-refractivity contribution in [2.75, 3.05) is 62.5 Å². The molecule has 0 fully saturated rings. The Bertz CT molecular complexity index is 2190. The number of carbonyl (C=O) groups excluding carboxylic acids is 6. The quantitative estimate of drug-likeness (QED) is 0.0433. The maximum Gasteiger partial charge on any atom is 0.343 e. The van der Waals surface area contributed by atoms with Gasteiger partial charge in [-0.2, -0.15) is 0 Å². The van der Waals surface area contributed by atoms with Crippen LogP contribution in [-0.4, -0.2) is 99.2 Å². The Morgan fingerprint density at radius 1 is 0.500 bits per heavy atom. The number of methoxy groups -OCH3 is 6. The van der Waals surface area contributed by atoms with Gasteiger partial charge in [0.2, 0.25) is 0 Å². The van der Waals surface area contributed by atoms with Crippen LogP contribution in [0.4, 0.5) is 0 Å². The van der Waals surface area contributed by atoms with E-state index in [1.165, 1.54) is 42.7 Å². The van der Waals surface area contributed by atoms with E-state index in [-0.39, 0.29) is 51.2 Å². The zero-order valence-corrected chi connectivity index (χ0v) is 35.2. The highest BCUT2D eigenvalue weighted by molar-refractivity contribution is 5.89. The SMILES string of the molecule is COC(=O)COc1c(C)cc(C(C)c2cccc(C(c3cc(C)c(OCC(=O)OC)c(C=O)c3OC)c3cc(C)c(OCC(=O)OC)c(C=O)c3OC)c2)c(OC)c1C=O. The molecular formula is C45H48O15. The van der Waals surface area contributed by atoms with Crippen molar-refractivity contribution < 1.29 is 71.4 Å². The molecule has 1 unspecified atom stereocenters. The topological polar surface area (TPSA) is 185 Å². The molecule has 0 bridgehead atoms. The fourth-order valence-electron chi connectivity index (χ4n) is 7.12. The summed E-state index contributed by atoms with van der Waals surface area (Å²) in [6.07, 6.45) is 1.74. The molecule has 0 N–H and O–H groups in total. The van der Waals surface area contributed by atoms with Gasteiger partial charge in [-0.15, -0.1) is 0 Å². The van der Waals surface area contributed by atoms with Crippen LogP contribution in [-0.2, 0) is 28.6 Å². The third-order valence-electron chi connectivity index (χ3n) is 9.93. The van der Waals surface area contributed by atoms with Gasteiger partial charge in [0, 0.05) is 28.5 Å². The fraction of sp³-hybridized carbons (Fsp3) is 0.333. The summed E-state index contributed by atoms with van der Waals surface area (Å²) in [7, 11) is 7.87. The van der Waals surface area contributed by atoms with Crippen molar-refractivity contribution in [1.29, 1.82) is 0 Å². The molecule has 0 spiro atoms. The van der Waals surface area contributed by atoms with Gasteiger partial charge >= 0.3 is 17.9 Å². The number of esters is 3. The summed E-state index contributed by atoms with van der Waals surface area (Å²) in [6, 6.07) is 12.9. The van der Waals surface area contributed by atoms with E-state index in [1.807, 2.05) is 37.3 Å². The molecule has 0 radical (unpaired) electrons. The molecular weight excluding hydrogens is 780 g/mol. The second-order valence-electron chi connectivity index (χ2n) is 13.4. The van der Waals surface area contributed by atoms with E-state index in [2.05, 4.69) is 0 Å². The smallest absolute Gasteiger partial charge is 0.343 e. The predicted octanol–water partition coefficient (Wildman–Crippen LogP) is 6.06. The molecule has 0 saturated heterocycles. The number of hydrogen-bond acceptors (Lipinski definition) is 15. The first-order valence-corrected chi connectivity index (χ1v) is 18.5. The summed E-state index contributed by atoms with van der Waals surface area (Å²) in [5.74, 6) is -2.33. The minimum Gasteiger partial charge on any atom is -0.496 e. The Labute approximate surface area is 347 Å². The Kier molecular flexibility index (Phi) is 15.8. The normalized spacial score (nSPS) is 11.2. The van der Waals surface area contributed by atoms with Crippen molar-refractivity contribution >= 4 is 36.8 Å². The highest BCUT2D eigenvalue weighted by atomic mass is 16.6. The molecule has 4 rings (SSSR count). The number of aldehydes is 3. The van der Waals surface area contributed by atoms with Crippen molar-refractivity contribution in [2.45, 2.75) is 39.5 Å². The predicted molar refractivity (Wildman–Crippen MR) is 217 cm³/mol. The second kappa shape index (κ2) is 20.7. The Hall–Kier alpha value is -6.90. The molecule has 4 aromatic rings. The van der Waals surface area contributed by atoms with Crippen molar-refractivity contribution in [3.8, 4) is 34.5 Å². The molecule has 15 heteroatoms. The average molecular weight is 829 g/mol. The molecule has 1 atom stereocenters. The first-order valence-electron chi connectivity index (χ1n) is 18.5. The number of benzene rings is 4. The lowest BCUT2D eigenvalue weighted by atomic mass is 9.79. The summed E-state index contributed by atoms with van der Waals surface area (Å²) >= 11 is 0. The minimum atomic E-state index is -0.829. The van der Waals surface area contributed by atoms with Gasteiger partial charge in [-0.05, 0) is 66.8 Å². The Morgan fingerprint density at radius 3 is 1.17 bits per heavy atom. The lowest BCUT2D eigenvalue weighted by Gasteiger charge is -2.28. The van der Waals surface area contributed by atoms with Crippen LogP contribution in [0.1, 0.15) is 94.3 Å². The summed E-state index contributed by atoms with van der Waals surface area (Å²) in [4.78, 5) is 74.3. The molecule has 60 heavy (non-hydrogen) atoms. The van der Waals surface area contributed by atoms with E-state index in [0.29, 0.717) is 57.8 Å². The van der Waals surface area contributed by atoms with E-state index >= 15 is 0 Å². The number of ether oxygens (including phenoxy) is 9. The summed E-state index contributed by atoms with van der Waals surface area (Å²) in [5, 5.41) is 0. The van der Waals surface area contributed by atoms with Crippen LogP contribution >= 0.6 is 0 Å². The van der Waals surface area contributed by atoms with Gasteiger partial charge in [0.25, 0.3) is 0 Å². The van der Waals surface area contributed by atoms with E-state index in [4.69, 9.17) is 42.6 Å². The maximum absolute atomic E-state index is 12.9. The van der Waals surface area contributed by atoms with Gasteiger partial charge < -0.3 is 42.6 Å². The maximum atomic E-state index is 12.9. The van der Waals surface area contributed by atoms with Crippen molar-refractivity contribution in [3.05, 3.63) is 104 Å². The van der Waals surface area contributed by atoms with Crippen LogP contribution < -0.4 is 28.4 Å². The lowest BCUT2D eigenvalue weighted by molar-refractivity contribution is -0.143. The minimum absolute atomic E-state index is 0.0198. The summed E-state index contributed by atoms with van der Waals surface area (Å²) in [5.41, 5.74) is 4.68. The fourth-order valence-corrected chi connectivity index (χ4v) is 7.12. The van der Waals surface area contributed by atoms with E-state index < -0.39 is 49.6 Å². The number of hydrogen-bond donors (Lipinski definition) is 0. The van der Waals surface area contributed by atoms with Crippen LogP contribution in [0.15, 0.2) is 42.5 Å². The Balaban J connectivity index is 2.06. The van der Waals surface area contributed by atoms with E-state index in [1.54, 1.807) is 32.9 Å². The largest absolute Gasteiger partial charge is 0.496 e. The molecule has 0 saturated carbocycles. The molecule has 0 amide bonds. The van der Waals surface area contributed by atoms with Gasteiger partial charge in [-0.3, -0.25) is 14.4 Å². The van der Waals surface area contributed by atoms with Gasteiger partial charge in [-0.1, -0.05) is 31.2 Å². The van der Waals surface area contributed by atoms with Crippen LogP contribution in [0.25, 0.3) is 0 Å². The van der Waals surface area contributed by atoms with E-state index in [9.17, 15) is 28.8 Å². The number of rotatable bonds is 20. The number of aryl methyl sites for hydroxylation is 3. The zero-order chi connectivity index (χ0) is 44.3. The molecule has 4 aromatic carbocycles.